The van der Waals surface area contributed by atoms with E-state index in [0.29, 0.717) is 0 Å². The van der Waals surface area contributed by atoms with Crippen molar-refractivity contribution in [3.8, 4) is 11.1 Å². The maximum absolute atomic E-state index is 2.33. The molecule has 0 heteroatoms. The Bertz CT molecular complexity index is 603. The molecule has 0 fully saturated rings. The Hall–Kier alpha value is -1.56. The average molecular weight is 222 g/mol. The zero-order chi connectivity index (χ0) is 12.2. The lowest BCUT2D eigenvalue weighted by Gasteiger charge is -2.23. The van der Waals surface area contributed by atoms with Crippen LogP contribution in [0.2, 0.25) is 0 Å². The number of hydrogen-bond acceptors (Lipinski definition) is 0. The lowest BCUT2D eigenvalue weighted by Crippen LogP contribution is -2.16. The first-order valence-electron chi connectivity index (χ1n) is 6.23. The summed E-state index contributed by atoms with van der Waals surface area (Å²) in [4.78, 5) is 0. The van der Waals surface area contributed by atoms with Gasteiger partial charge in [0.15, 0.2) is 0 Å². The van der Waals surface area contributed by atoms with Crippen LogP contribution in [0.15, 0.2) is 36.4 Å². The second-order valence-electron chi connectivity index (χ2n) is 5.67. The highest BCUT2D eigenvalue weighted by Crippen LogP contribution is 2.49. The molecule has 2 aromatic carbocycles. The Labute approximate surface area is 103 Å². The topological polar surface area (TPSA) is 0 Å². The standard InChI is InChI=1S/C17H18/c1-11-8-9-15-14(10-11)13-7-5-6-12(2)16(13)17(15,3)4/h5-10H,1-4H3. The maximum atomic E-state index is 2.33. The highest BCUT2D eigenvalue weighted by Gasteiger charge is 2.36. The van der Waals surface area contributed by atoms with Crippen LogP contribution < -0.4 is 0 Å². The van der Waals surface area contributed by atoms with Gasteiger partial charge >= 0.3 is 0 Å². The summed E-state index contributed by atoms with van der Waals surface area (Å²) in [6.45, 7) is 9.06. The number of aryl methyl sites for hydroxylation is 2. The summed E-state index contributed by atoms with van der Waals surface area (Å²) in [6, 6.07) is 13.5. The van der Waals surface area contributed by atoms with E-state index < -0.39 is 0 Å². The van der Waals surface area contributed by atoms with Gasteiger partial charge in [0.1, 0.15) is 0 Å². The van der Waals surface area contributed by atoms with Crippen molar-refractivity contribution in [2.45, 2.75) is 33.1 Å². The average Bonchev–Trinajstić information content (AvgIpc) is 2.49. The summed E-state index contributed by atoms with van der Waals surface area (Å²) >= 11 is 0. The van der Waals surface area contributed by atoms with Gasteiger partial charge in [-0.2, -0.15) is 0 Å². The summed E-state index contributed by atoms with van der Waals surface area (Å²) in [7, 11) is 0. The molecule has 0 atom stereocenters. The van der Waals surface area contributed by atoms with Crippen molar-refractivity contribution in [1.29, 1.82) is 0 Å². The second kappa shape index (κ2) is 3.22. The van der Waals surface area contributed by atoms with E-state index in [9.17, 15) is 0 Å². The van der Waals surface area contributed by atoms with Crippen LogP contribution in [0.4, 0.5) is 0 Å². The van der Waals surface area contributed by atoms with Gasteiger partial charge in [0.2, 0.25) is 0 Å². The summed E-state index contributed by atoms with van der Waals surface area (Å²) < 4.78 is 0. The zero-order valence-corrected chi connectivity index (χ0v) is 11.0. The molecular weight excluding hydrogens is 204 g/mol. The predicted octanol–water partition coefficient (Wildman–Crippen LogP) is 4.61. The van der Waals surface area contributed by atoms with Crippen LogP contribution in [-0.2, 0) is 5.41 Å². The minimum Gasteiger partial charge on any atom is -0.0614 e. The SMILES string of the molecule is Cc1ccc2c(c1)-c1cccc(C)c1C2(C)C. The van der Waals surface area contributed by atoms with E-state index >= 15 is 0 Å². The predicted molar refractivity (Wildman–Crippen MR) is 73.5 cm³/mol. The zero-order valence-electron chi connectivity index (χ0n) is 11.0. The minimum atomic E-state index is 0.143. The lowest BCUT2D eigenvalue weighted by molar-refractivity contribution is 0.655. The number of benzene rings is 2. The van der Waals surface area contributed by atoms with Crippen LogP contribution >= 0.6 is 0 Å². The van der Waals surface area contributed by atoms with Crippen LogP contribution in [0.3, 0.4) is 0 Å². The van der Waals surface area contributed by atoms with Crippen molar-refractivity contribution in [3.05, 3.63) is 58.7 Å². The van der Waals surface area contributed by atoms with Gasteiger partial charge in [-0.25, -0.2) is 0 Å². The first-order valence-corrected chi connectivity index (χ1v) is 6.23. The van der Waals surface area contributed by atoms with E-state index in [1.807, 2.05) is 0 Å². The molecule has 1 aliphatic carbocycles. The minimum absolute atomic E-state index is 0.143. The highest BCUT2D eigenvalue weighted by molar-refractivity contribution is 5.82. The van der Waals surface area contributed by atoms with Crippen LogP contribution in [0.25, 0.3) is 11.1 Å². The van der Waals surface area contributed by atoms with E-state index in [1.54, 1.807) is 0 Å². The van der Waals surface area contributed by atoms with Gasteiger partial charge < -0.3 is 0 Å². The Morgan fingerprint density at radius 1 is 0.882 bits per heavy atom. The van der Waals surface area contributed by atoms with Crippen LogP contribution in [-0.4, -0.2) is 0 Å². The summed E-state index contributed by atoms with van der Waals surface area (Å²) in [5.41, 5.74) is 8.70. The normalized spacial score (nSPS) is 15.5. The van der Waals surface area contributed by atoms with Crippen molar-refractivity contribution in [2.75, 3.05) is 0 Å². The monoisotopic (exact) mass is 222 g/mol. The third-order valence-corrected chi connectivity index (χ3v) is 4.04. The van der Waals surface area contributed by atoms with Crippen molar-refractivity contribution >= 4 is 0 Å². The fourth-order valence-electron chi connectivity index (χ4n) is 3.28. The van der Waals surface area contributed by atoms with E-state index in [1.165, 1.54) is 33.4 Å². The molecule has 0 bridgehead atoms. The smallest absolute Gasteiger partial charge is 0.0161 e. The van der Waals surface area contributed by atoms with E-state index in [-0.39, 0.29) is 5.41 Å². The van der Waals surface area contributed by atoms with Crippen molar-refractivity contribution < 1.29 is 0 Å². The summed E-state index contributed by atoms with van der Waals surface area (Å²) in [5, 5.41) is 0. The molecule has 0 amide bonds. The summed E-state index contributed by atoms with van der Waals surface area (Å²) in [6.07, 6.45) is 0. The van der Waals surface area contributed by atoms with Gasteiger partial charge in [-0.15, -0.1) is 0 Å². The van der Waals surface area contributed by atoms with Crippen molar-refractivity contribution in [2.24, 2.45) is 0 Å². The second-order valence-corrected chi connectivity index (χ2v) is 5.67. The number of rotatable bonds is 0. The van der Waals surface area contributed by atoms with Crippen molar-refractivity contribution in [1.82, 2.24) is 0 Å². The molecule has 0 unspecified atom stereocenters. The fourth-order valence-corrected chi connectivity index (χ4v) is 3.28. The van der Waals surface area contributed by atoms with Crippen molar-refractivity contribution in [3.63, 3.8) is 0 Å². The highest BCUT2D eigenvalue weighted by atomic mass is 14.4. The van der Waals surface area contributed by atoms with Gasteiger partial charge in [-0.05, 0) is 41.7 Å². The van der Waals surface area contributed by atoms with Crippen LogP contribution in [0, 0.1) is 13.8 Å². The number of fused-ring (bicyclic) bond motifs is 3. The lowest BCUT2D eigenvalue weighted by atomic mass is 9.80. The van der Waals surface area contributed by atoms with Crippen LogP contribution in [0.1, 0.15) is 36.1 Å². The molecule has 0 saturated heterocycles. The molecule has 0 nitrogen and oxygen atoms in total. The van der Waals surface area contributed by atoms with Gasteiger partial charge in [0, 0.05) is 5.41 Å². The Kier molecular flexibility index (Phi) is 2.01. The van der Waals surface area contributed by atoms with Gasteiger partial charge in [0.25, 0.3) is 0 Å². The molecule has 0 radical (unpaired) electrons. The Morgan fingerprint density at radius 3 is 2.41 bits per heavy atom. The molecule has 3 rings (SSSR count). The molecule has 0 aliphatic heterocycles. The quantitative estimate of drug-likeness (QED) is 0.610. The third-order valence-electron chi connectivity index (χ3n) is 4.04. The largest absolute Gasteiger partial charge is 0.0614 e. The van der Waals surface area contributed by atoms with E-state index in [2.05, 4.69) is 64.1 Å². The van der Waals surface area contributed by atoms with E-state index in [0.717, 1.165) is 0 Å². The molecular formula is C17H18. The first kappa shape index (κ1) is 10.6. The Morgan fingerprint density at radius 2 is 1.65 bits per heavy atom. The molecule has 17 heavy (non-hydrogen) atoms. The van der Waals surface area contributed by atoms with Gasteiger partial charge in [0.05, 0.1) is 0 Å². The molecule has 0 saturated carbocycles. The van der Waals surface area contributed by atoms with E-state index in [4.69, 9.17) is 0 Å². The maximum Gasteiger partial charge on any atom is 0.0161 e. The van der Waals surface area contributed by atoms with Crippen LogP contribution in [0.5, 0.6) is 0 Å². The molecule has 0 aromatic heterocycles. The van der Waals surface area contributed by atoms with Gasteiger partial charge in [-0.3, -0.25) is 0 Å². The Balaban J connectivity index is 2.43. The molecule has 0 N–H and O–H groups in total. The fraction of sp³-hybridized carbons (Fsp3) is 0.294. The van der Waals surface area contributed by atoms with Gasteiger partial charge in [-0.1, -0.05) is 55.8 Å². The molecule has 0 heterocycles. The number of hydrogen-bond donors (Lipinski definition) is 0. The molecule has 1 aliphatic rings. The molecule has 86 valence electrons. The summed E-state index contributed by atoms with van der Waals surface area (Å²) in [5.74, 6) is 0. The first-order chi connectivity index (χ1) is 8.01. The third kappa shape index (κ3) is 1.30. The molecule has 0 spiro atoms. The molecule has 2 aromatic rings.